The van der Waals surface area contributed by atoms with Crippen molar-refractivity contribution in [2.24, 2.45) is 0 Å². The van der Waals surface area contributed by atoms with E-state index in [1.165, 1.54) is 5.56 Å². The zero-order chi connectivity index (χ0) is 18.3. The van der Waals surface area contributed by atoms with Crippen molar-refractivity contribution in [3.05, 3.63) is 53.2 Å². The maximum absolute atomic E-state index is 11.8. The lowest BCUT2D eigenvalue weighted by Crippen LogP contribution is -2.37. The molecule has 1 heterocycles. The first-order chi connectivity index (χ1) is 11.9. The Morgan fingerprint density at radius 2 is 1.76 bits per heavy atom. The summed E-state index contributed by atoms with van der Waals surface area (Å²) in [5.41, 5.74) is 2.08. The Kier molecular flexibility index (Phi) is 6.62. The molecule has 0 fully saturated rings. The van der Waals surface area contributed by atoms with Crippen LogP contribution in [0, 0.1) is 6.92 Å². The number of oxazole rings is 1. The molecule has 0 spiro atoms. The quantitative estimate of drug-likeness (QED) is 0.752. The molecule has 1 aromatic carbocycles. The van der Waals surface area contributed by atoms with Crippen LogP contribution in [0.15, 0.2) is 34.7 Å². The van der Waals surface area contributed by atoms with Gasteiger partial charge in [-0.3, -0.25) is 0 Å². The highest BCUT2D eigenvalue weighted by Crippen LogP contribution is 2.24. The summed E-state index contributed by atoms with van der Waals surface area (Å²) in [4.78, 5) is 16.3. The number of aromatic nitrogens is 1. The van der Waals surface area contributed by atoms with Crippen molar-refractivity contribution in [2.45, 2.75) is 52.4 Å². The molecule has 1 aromatic heterocycles. The number of urea groups is 1. The van der Waals surface area contributed by atoms with E-state index in [9.17, 15) is 4.79 Å². The van der Waals surface area contributed by atoms with Crippen LogP contribution in [-0.4, -0.2) is 24.1 Å². The van der Waals surface area contributed by atoms with Gasteiger partial charge in [-0.1, -0.05) is 51.1 Å². The third-order valence-corrected chi connectivity index (χ3v) is 3.94. The van der Waals surface area contributed by atoms with Crippen LogP contribution >= 0.6 is 0 Å². The monoisotopic (exact) mass is 343 g/mol. The maximum Gasteiger partial charge on any atom is 0.314 e. The van der Waals surface area contributed by atoms with Gasteiger partial charge in [-0.15, -0.1) is 0 Å². The van der Waals surface area contributed by atoms with Crippen LogP contribution in [0.5, 0.6) is 0 Å². The van der Waals surface area contributed by atoms with Crippen molar-refractivity contribution in [1.82, 2.24) is 15.6 Å². The van der Waals surface area contributed by atoms with Crippen LogP contribution in [-0.2, 0) is 18.3 Å². The van der Waals surface area contributed by atoms with Crippen LogP contribution in [0.3, 0.4) is 0 Å². The van der Waals surface area contributed by atoms with Crippen LogP contribution < -0.4 is 10.6 Å². The highest BCUT2D eigenvalue weighted by molar-refractivity contribution is 5.73. The van der Waals surface area contributed by atoms with Gasteiger partial charge in [0.05, 0.1) is 5.69 Å². The van der Waals surface area contributed by atoms with Gasteiger partial charge in [-0.05, 0) is 25.3 Å². The Morgan fingerprint density at radius 1 is 1.08 bits per heavy atom. The van der Waals surface area contributed by atoms with Gasteiger partial charge in [0.1, 0.15) is 5.76 Å². The molecule has 0 aliphatic rings. The number of benzene rings is 1. The van der Waals surface area contributed by atoms with Crippen molar-refractivity contribution < 1.29 is 9.21 Å². The maximum atomic E-state index is 11.8. The lowest BCUT2D eigenvalue weighted by molar-refractivity contribution is 0.241. The molecule has 2 aromatic rings. The summed E-state index contributed by atoms with van der Waals surface area (Å²) in [6, 6.07) is 10.00. The minimum Gasteiger partial charge on any atom is -0.445 e. The molecule has 0 radical (unpaired) electrons. The average Bonchev–Trinajstić information content (AvgIpc) is 2.94. The van der Waals surface area contributed by atoms with Crippen molar-refractivity contribution in [3.8, 4) is 0 Å². The van der Waals surface area contributed by atoms with E-state index in [0.29, 0.717) is 13.1 Å². The number of hydrogen-bond donors (Lipinski definition) is 2. The smallest absolute Gasteiger partial charge is 0.314 e. The fraction of sp³-hybridized carbons (Fsp3) is 0.500. The zero-order valence-electron chi connectivity index (χ0n) is 15.7. The lowest BCUT2D eigenvalue weighted by atomic mass is 9.97. The molecule has 0 bridgehead atoms. The van der Waals surface area contributed by atoms with Gasteiger partial charge in [0.15, 0.2) is 5.89 Å². The molecule has 0 unspecified atom stereocenters. The minimum absolute atomic E-state index is 0.0834. The highest BCUT2D eigenvalue weighted by atomic mass is 16.4. The predicted molar refractivity (Wildman–Crippen MR) is 99.8 cm³/mol. The topological polar surface area (TPSA) is 67.2 Å². The molecule has 136 valence electrons. The van der Waals surface area contributed by atoms with Crippen LogP contribution in [0.4, 0.5) is 4.79 Å². The summed E-state index contributed by atoms with van der Waals surface area (Å²) in [6.07, 6.45) is 2.44. The standard InChI is InChI=1S/C20H29N3O2/c1-15-17(25-18(23-15)20(2,3)4)11-8-13-21-19(24)22-14-12-16-9-6-5-7-10-16/h5-7,9-10H,8,11-14H2,1-4H3,(H2,21,22,24). The fourth-order valence-corrected chi connectivity index (χ4v) is 2.46. The third kappa shape index (κ3) is 6.25. The first-order valence-electron chi connectivity index (χ1n) is 8.88. The Morgan fingerprint density at radius 3 is 2.40 bits per heavy atom. The normalized spacial score (nSPS) is 11.4. The third-order valence-electron chi connectivity index (χ3n) is 3.94. The predicted octanol–water partition coefficient (Wildman–Crippen LogP) is 3.76. The van der Waals surface area contributed by atoms with Crippen LogP contribution in [0.1, 0.15) is 50.1 Å². The zero-order valence-corrected chi connectivity index (χ0v) is 15.7. The summed E-state index contributed by atoms with van der Waals surface area (Å²) in [6.45, 7) is 9.47. The van der Waals surface area contributed by atoms with Crippen LogP contribution in [0.25, 0.3) is 0 Å². The molecule has 2 amide bonds. The number of carbonyl (C=O) groups is 1. The molecular weight excluding hydrogens is 314 g/mol. The van der Waals surface area contributed by atoms with E-state index >= 15 is 0 Å². The highest BCUT2D eigenvalue weighted by Gasteiger charge is 2.21. The van der Waals surface area contributed by atoms with E-state index < -0.39 is 0 Å². The van der Waals surface area contributed by atoms with Gasteiger partial charge >= 0.3 is 6.03 Å². The first-order valence-corrected chi connectivity index (χ1v) is 8.88. The van der Waals surface area contributed by atoms with E-state index in [2.05, 4.69) is 48.5 Å². The van der Waals surface area contributed by atoms with Gasteiger partial charge in [0.25, 0.3) is 0 Å². The molecule has 0 atom stereocenters. The molecule has 5 heteroatoms. The molecule has 5 nitrogen and oxygen atoms in total. The second-order valence-corrected chi connectivity index (χ2v) is 7.30. The van der Waals surface area contributed by atoms with Gasteiger partial charge < -0.3 is 15.1 Å². The Balaban J connectivity index is 1.64. The summed E-state index contributed by atoms with van der Waals surface area (Å²) in [5, 5.41) is 5.76. The Bertz CT molecular complexity index is 672. The van der Waals surface area contributed by atoms with Crippen molar-refractivity contribution in [1.29, 1.82) is 0 Å². The Labute approximate surface area is 150 Å². The van der Waals surface area contributed by atoms with E-state index in [0.717, 1.165) is 36.6 Å². The van der Waals surface area contributed by atoms with Crippen LogP contribution in [0.2, 0.25) is 0 Å². The van der Waals surface area contributed by atoms with E-state index in [-0.39, 0.29) is 11.4 Å². The number of rotatable bonds is 7. The summed E-state index contributed by atoms with van der Waals surface area (Å²) in [7, 11) is 0. The minimum atomic E-state index is -0.124. The first kappa shape index (κ1) is 19.0. The molecule has 2 rings (SSSR count). The molecule has 0 aliphatic carbocycles. The van der Waals surface area contributed by atoms with Crippen molar-refractivity contribution in [3.63, 3.8) is 0 Å². The van der Waals surface area contributed by atoms with Gasteiger partial charge in [0, 0.05) is 24.9 Å². The molecule has 0 saturated heterocycles. The molecule has 25 heavy (non-hydrogen) atoms. The SMILES string of the molecule is Cc1nc(C(C)(C)C)oc1CCCNC(=O)NCCc1ccccc1. The summed E-state index contributed by atoms with van der Waals surface area (Å²) >= 11 is 0. The fourth-order valence-electron chi connectivity index (χ4n) is 2.46. The number of hydrogen-bond acceptors (Lipinski definition) is 3. The van der Waals surface area contributed by atoms with Gasteiger partial charge in [-0.2, -0.15) is 0 Å². The van der Waals surface area contributed by atoms with E-state index in [1.54, 1.807) is 0 Å². The summed E-state index contributed by atoms with van der Waals surface area (Å²) < 4.78 is 5.86. The molecule has 0 saturated carbocycles. The Hall–Kier alpha value is -2.30. The van der Waals surface area contributed by atoms with Gasteiger partial charge in [-0.25, -0.2) is 9.78 Å². The number of carbonyl (C=O) groups excluding carboxylic acids is 1. The number of nitrogens with one attached hydrogen (secondary N) is 2. The van der Waals surface area contributed by atoms with E-state index in [4.69, 9.17) is 4.42 Å². The summed E-state index contributed by atoms with van der Waals surface area (Å²) in [5.74, 6) is 1.68. The number of amides is 2. The number of aryl methyl sites for hydroxylation is 2. The largest absolute Gasteiger partial charge is 0.445 e. The number of nitrogens with zero attached hydrogens (tertiary/aromatic N) is 1. The molecule has 0 aliphatic heterocycles. The average molecular weight is 343 g/mol. The second-order valence-electron chi connectivity index (χ2n) is 7.30. The lowest BCUT2D eigenvalue weighted by Gasteiger charge is -2.12. The van der Waals surface area contributed by atoms with Crippen molar-refractivity contribution in [2.75, 3.05) is 13.1 Å². The second kappa shape index (κ2) is 8.70. The van der Waals surface area contributed by atoms with E-state index in [1.807, 2.05) is 25.1 Å². The van der Waals surface area contributed by atoms with Gasteiger partial charge in [0.2, 0.25) is 0 Å². The molecular formula is C20H29N3O2. The van der Waals surface area contributed by atoms with Crippen molar-refractivity contribution >= 4 is 6.03 Å². The molecule has 2 N–H and O–H groups in total.